The first kappa shape index (κ1) is 39.8. The number of para-hydroxylation sites is 2. The molecule has 0 saturated carbocycles. The molecule has 314 valence electrons. The van der Waals surface area contributed by atoms with E-state index in [1.807, 2.05) is 0 Å². The lowest BCUT2D eigenvalue weighted by Gasteiger charge is -2.31. The molecule has 0 saturated heterocycles. The minimum absolute atomic E-state index is 1.07. The Kier molecular flexibility index (Phi) is 10.3. The number of fused-ring (bicyclic) bond motifs is 4. The Labute approximate surface area is 392 Å². The van der Waals surface area contributed by atoms with Gasteiger partial charge in [0.05, 0.1) is 11.4 Å². The molecule has 0 amide bonds. The number of hydrogen-bond donors (Lipinski definition) is 0. The SMILES string of the molecule is c1ccc(-c2ccccc2-c2ccccc2-c2ccccc2N(c2ccc(-c3cccc4c3ccc3ccccc34)cc2)c2ccccc2-c2cccc3cccc(-c4ccccc4)c23)cc1. The Balaban J connectivity index is 1.08. The van der Waals surface area contributed by atoms with Crippen LogP contribution in [0.25, 0.3) is 99.1 Å². The molecule has 12 aromatic carbocycles. The van der Waals surface area contributed by atoms with Gasteiger partial charge in [-0.25, -0.2) is 0 Å². The highest BCUT2D eigenvalue weighted by atomic mass is 15.1. The maximum Gasteiger partial charge on any atom is 0.0540 e. The van der Waals surface area contributed by atoms with Gasteiger partial charge in [-0.2, -0.15) is 0 Å². The van der Waals surface area contributed by atoms with E-state index in [4.69, 9.17) is 0 Å². The first-order chi connectivity index (χ1) is 33.3. The van der Waals surface area contributed by atoms with E-state index in [9.17, 15) is 0 Å². The third-order valence-electron chi connectivity index (χ3n) is 13.3. The lowest BCUT2D eigenvalue weighted by Crippen LogP contribution is -2.12. The van der Waals surface area contributed by atoms with Gasteiger partial charge in [-0.05, 0) is 112 Å². The lowest BCUT2D eigenvalue weighted by atomic mass is 9.88. The first-order valence-electron chi connectivity index (χ1n) is 23.1. The summed E-state index contributed by atoms with van der Waals surface area (Å²) in [7, 11) is 0. The second kappa shape index (κ2) is 17.3. The summed E-state index contributed by atoms with van der Waals surface area (Å²) in [5.41, 5.74) is 17.5. The van der Waals surface area contributed by atoms with E-state index in [-0.39, 0.29) is 0 Å². The topological polar surface area (TPSA) is 3.24 Å². The molecule has 0 unspecified atom stereocenters. The lowest BCUT2D eigenvalue weighted by molar-refractivity contribution is 1.28. The molecular formula is C66H45N. The van der Waals surface area contributed by atoms with Crippen LogP contribution in [0.1, 0.15) is 0 Å². The molecule has 0 aliphatic rings. The van der Waals surface area contributed by atoms with E-state index in [0.717, 1.165) is 28.2 Å². The van der Waals surface area contributed by atoms with Crippen molar-refractivity contribution in [2.75, 3.05) is 4.90 Å². The maximum atomic E-state index is 2.48. The predicted octanol–water partition coefficient (Wildman–Crippen LogP) is 18.6. The molecule has 12 rings (SSSR count). The summed E-state index contributed by atoms with van der Waals surface area (Å²) in [6, 6.07) is 99.5. The second-order valence-corrected chi connectivity index (χ2v) is 17.1. The highest BCUT2D eigenvalue weighted by Gasteiger charge is 2.24. The number of benzene rings is 12. The summed E-state index contributed by atoms with van der Waals surface area (Å²) >= 11 is 0. The van der Waals surface area contributed by atoms with Gasteiger partial charge in [-0.3, -0.25) is 0 Å². The van der Waals surface area contributed by atoms with Crippen LogP contribution in [0.5, 0.6) is 0 Å². The molecule has 0 spiro atoms. The molecule has 0 radical (unpaired) electrons. The van der Waals surface area contributed by atoms with E-state index in [0.29, 0.717) is 0 Å². The van der Waals surface area contributed by atoms with Crippen molar-refractivity contribution in [2.24, 2.45) is 0 Å². The molecule has 0 aliphatic carbocycles. The zero-order chi connectivity index (χ0) is 44.5. The third-order valence-corrected chi connectivity index (χ3v) is 13.3. The quantitative estimate of drug-likeness (QED) is 0.131. The molecule has 0 fully saturated rings. The molecule has 0 atom stereocenters. The van der Waals surface area contributed by atoms with Gasteiger partial charge < -0.3 is 4.90 Å². The van der Waals surface area contributed by atoms with Gasteiger partial charge in [-0.15, -0.1) is 0 Å². The molecule has 0 N–H and O–H groups in total. The fourth-order valence-electron chi connectivity index (χ4n) is 10.2. The largest absolute Gasteiger partial charge is 0.309 e. The van der Waals surface area contributed by atoms with Crippen LogP contribution in [0, 0.1) is 0 Å². The third kappa shape index (κ3) is 7.24. The fraction of sp³-hybridized carbons (Fsp3) is 0. The predicted molar refractivity (Wildman–Crippen MR) is 286 cm³/mol. The molecule has 0 bridgehead atoms. The monoisotopic (exact) mass is 851 g/mol. The second-order valence-electron chi connectivity index (χ2n) is 17.1. The zero-order valence-corrected chi connectivity index (χ0v) is 36.9. The van der Waals surface area contributed by atoms with Crippen LogP contribution in [0.3, 0.4) is 0 Å². The molecule has 67 heavy (non-hydrogen) atoms. The average molecular weight is 852 g/mol. The number of rotatable bonds is 9. The molecular weight excluding hydrogens is 807 g/mol. The molecule has 12 aromatic rings. The van der Waals surface area contributed by atoms with Crippen molar-refractivity contribution in [2.45, 2.75) is 0 Å². The van der Waals surface area contributed by atoms with Crippen LogP contribution in [0.4, 0.5) is 17.1 Å². The smallest absolute Gasteiger partial charge is 0.0540 e. The minimum atomic E-state index is 1.07. The Morgan fingerprint density at radius 3 is 1.28 bits per heavy atom. The molecule has 0 aromatic heterocycles. The molecule has 0 heterocycles. The van der Waals surface area contributed by atoms with Crippen molar-refractivity contribution in [3.05, 3.63) is 273 Å². The van der Waals surface area contributed by atoms with Gasteiger partial charge in [0.15, 0.2) is 0 Å². The van der Waals surface area contributed by atoms with E-state index in [1.54, 1.807) is 0 Å². The van der Waals surface area contributed by atoms with E-state index < -0.39 is 0 Å². The average Bonchev–Trinajstić information content (AvgIpc) is 3.41. The van der Waals surface area contributed by atoms with Crippen LogP contribution in [-0.2, 0) is 0 Å². The van der Waals surface area contributed by atoms with Crippen molar-refractivity contribution in [1.82, 2.24) is 0 Å². The van der Waals surface area contributed by atoms with Gasteiger partial charge in [0.25, 0.3) is 0 Å². The maximum absolute atomic E-state index is 2.48. The summed E-state index contributed by atoms with van der Waals surface area (Å²) in [5.74, 6) is 0. The van der Waals surface area contributed by atoms with Crippen molar-refractivity contribution in [1.29, 1.82) is 0 Å². The van der Waals surface area contributed by atoms with Gasteiger partial charge in [0.1, 0.15) is 0 Å². The summed E-state index contributed by atoms with van der Waals surface area (Å²) in [6.07, 6.45) is 0. The normalized spacial score (nSPS) is 11.3. The summed E-state index contributed by atoms with van der Waals surface area (Å²) < 4.78 is 0. The van der Waals surface area contributed by atoms with E-state index >= 15 is 0 Å². The Morgan fingerprint density at radius 2 is 0.612 bits per heavy atom. The van der Waals surface area contributed by atoms with Gasteiger partial charge in [0, 0.05) is 16.8 Å². The highest BCUT2D eigenvalue weighted by molar-refractivity contribution is 6.13. The Bertz CT molecular complexity index is 3730. The summed E-state index contributed by atoms with van der Waals surface area (Å²) in [4.78, 5) is 2.48. The molecule has 1 heteroatoms. The number of hydrogen-bond acceptors (Lipinski definition) is 1. The first-order valence-corrected chi connectivity index (χ1v) is 23.1. The Morgan fingerprint density at radius 1 is 0.194 bits per heavy atom. The van der Waals surface area contributed by atoms with Crippen molar-refractivity contribution >= 4 is 49.4 Å². The van der Waals surface area contributed by atoms with Gasteiger partial charge in [-0.1, -0.05) is 249 Å². The highest BCUT2D eigenvalue weighted by Crippen LogP contribution is 2.49. The minimum Gasteiger partial charge on any atom is -0.309 e. The molecule has 0 aliphatic heterocycles. The summed E-state index contributed by atoms with van der Waals surface area (Å²) in [5, 5.41) is 7.48. The zero-order valence-electron chi connectivity index (χ0n) is 36.9. The van der Waals surface area contributed by atoms with E-state index in [2.05, 4.69) is 278 Å². The van der Waals surface area contributed by atoms with Crippen LogP contribution >= 0.6 is 0 Å². The van der Waals surface area contributed by atoms with Crippen molar-refractivity contribution < 1.29 is 0 Å². The Hall–Kier alpha value is -8.78. The standard InChI is InChI=1S/C66H45N/c1-3-20-46(21-4-1)52-28-9-10-29-56(52)58-30-11-12-31-59(58)61-32-13-15-38-64(61)67(51-43-40-49(41-44-51)54-34-19-36-57-53-27-8-7-24-48(53)42-45-60(54)57)65-39-16-14-33-62(65)63-37-18-26-50-25-17-35-55(66(50)63)47-22-5-2-6-23-47/h1-45H. The number of nitrogens with zero attached hydrogens (tertiary/aromatic N) is 1. The van der Waals surface area contributed by atoms with E-state index in [1.165, 1.54) is 88.0 Å². The molecule has 1 nitrogen and oxygen atoms in total. The van der Waals surface area contributed by atoms with Crippen LogP contribution in [0.15, 0.2) is 273 Å². The van der Waals surface area contributed by atoms with Crippen LogP contribution in [0.2, 0.25) is 0 Å². The van der Waals surface area contributed by atoms with Crippen LogP contribution < -0.4 is 4.90 Å². The van der Waals surface area contributed by atoms with Crippen molar-refractivity contribution in [3.63, 3.8) is 0 Å². The van der Waals surface area contributed by atoms with Crippen LogP contribution in [-0.4, -0.2) is 0 Å². The van der Waals surface area contributed by atoms with Gasteiger partial charge >= 0.3 is 0 Å². The number of anilines is 3. The van der Waals surface area contributed by atoms with Crippen molar-refractivity contribution in [3.8, 4) is 66.8 Å². The van der Waals surface area contributed by atoms with Gasteiger partial charge in [0.2, 0.25) is 0 Å². The fourth-order valence-corrected chi connectivity index (χ4v) is 10.2. The summed E-state index contributed by atoms with van der Waals surface area (Å²) in [6.45, 7) is 0.